The van der Waals surface area contributed by atoms with Gasteiger partial charge in [0.25, 0.3) is 0 Å². The maximum atomic E-state index is 11.5. The molecule has 0 amide bonds. The molecule has 0 saturated carbocycles. The molecule has 10 heteroatoms. The summed E-state index contributed by atoms with van der Waals surface area (Å²) in [5.74, 6) is 1.26. The van der Waals surface area contributed by atoms with E-state index >= 15 is 0 Å². The Bertz CT molecular complexity index is 1470. The van der Waals surface area contributed by atoms with E-state index in [2.05, 4.69) is 37.6 Å². The fourth-order valence-electron chi connectivity index (χ4n) is 4.44. The first-order valence-electron chi connectivity index (χ1n) is 12.0. The second-order valence-electron chi connectivity index (χ2n) is 9.05. The van der Waals surface area contributed by atoms with Crippen molar-refractivity contribution in [3.05, 3.63) is 66.5 Å². The molecule has 1 fully saturated rings. The van der Waals surface area contributed by atoms with E-state index in [4.69, 9.17) is 10.1 Å². The number of nitrogens with zero attached hydrogens (tertiary/aromatic N) is 4. The fraction of sp³-hybridized carbons (Fsp3) is 0.269. The summed E-state index contributed by atoms with van der Waals surface area (Å²) in [5.41, 5.74) is 4.50. The molecule has 0 atom stereocenters. The Hall–Kier alpha value is -3.60. The molecule has 0 unspecified atom stereocenters. The lowest BCUT2D eigenvalue weighted by atomic mass is 10.0. The number of primary sulfonamides is 1. The molecule has 3 heterocycles. The van der Waals surface area contributed by atoms with Crippen molar-refractivity contribution in [3.63, 3.8) is 0 Å². The summed E-state index contributed by atoms with van der Waals surface area (Å²) in [5, 5.41) is 12.7. The topological polar surface area (TPSA) is 126 Å². The molecular weight excluding hydrogens is 474 g/mol. The summed E-state index contributed by atoms with van der Waals surface area (Å²) in [6.07, 6.45) is 6.24. The first kappa shape index (κ1) is 24.1. The third kappa shape index (κ3) is 5.62. The molecule has 36 heavy (non-hydrogen) atoms. The van der Waals surface area contributed by atoms with Crippen LogP contribution >= 0.6 is 0 Å². The van der Waals surface area contributed by atoms with Crippen LogP contribution in [0.2, 0.25) is 0 Å². The summed E-state index contributed by atoms with van der Waals surface area (Å²) in [6.45, 7) is 6.33. The van der Waals surface area contributed by atoms with Gasteiger partial charge in [-0.25, -0.2) is 28.5 Å². The highest BCUT2D eigenvalue weighted by Gasteiger charge is 2.12. The van der Waals surface area contributed by atoms with Crippen LogP contribution in [0.1, 0.15) is 18.4 Å². The molecule has 1 saturated heterocycles. The van der Waals surface area contributed by atoms with E-state index in [1.165, 1.54) is 38.1 Å². The predicted octanol–water partition coefficient (Wildman–Crippen LogP) is 3.90. The second kappa shape index (κ2) is 10.2. The molecule has 1 aliphatic rings. The molecule has 4 aromatic rings. The van der Waals surface area contributed by atoms with Gasteiger partial charge in [0.15, 0.2) is 0 Å². The number of fused-ring (bicyclic) bond motifs is 1. The molecule has 186 valence electrons. The third-order valence-electron chi connectivity index (χ3n) is 6.27. The minimum absolute atomic E-state index is 0.0479. The maximum absolute atomic E-state index is 11.5. The number of benzene rings is 2. The number of aryl methyl sites for hydroxylation is 1. The van der Waals surface area contributed by atoms with E-state index in [1.807, 2.05) is 25.3 Å². The first-order chi connectivity index (χ1) is 17.3. The van der Waals surface area contributed by atoms with Crippen LogP contribution in [-0.4, -0.2) is 54.4 Å². The smallest absolute Gasteiger partial charge is 0.238 e. The standard InChI is InChI=1S/C26H29N7O2S/c1-18-14-20-17-30-26(31-21-5-7-22(8-6-21)36(27,34)35)32-25(20)23(15-18)19-4-9-24(29-16-19)28-10-13-33-11-2-3-12-33/h4-9,14-17H,2-3,10-13H2,1H3,(H,28,29)(H2,27,34,35)(H,30,31,32). The van der Waals surface area contributed by atoms with Crippen LogP contribution in [0, 0.1) is 6.92 Å². The van der Waals surface area contributed by atoms with Crippen LogP contribution < -0.4 is 15.8 Å². The number of likely N-dealkylation sites (tertiary alicyclic amines) is 1. The predicted molar refractivity (Wildman–Crippen MR) is 143 cm³/mol. The monoisotopic (exact) mass is 503 g/mol. The Balaban J connectivity index is 1.36. The highest BCUT2D eigenvalue weighted by Crippen LogP contribution is 2.30. The van der Waals surface area contributed by atoms with E-state index in [1.54, 1.807) is 18.3 Å². The number of hydrogen-bond donors (Lipinski definition) is 3. The fourth-order valence-corrected chi connectivity index (χ4v) is 4.95. The van der Waals surface area contributed by atoms with Crippen molar-refractivity contribution >= 4 is 38.4 Å². The quantitative estimate of drug-likeness (QED) is 0.331. The Morgan fingerprint density at radius 2 is 1.78 bits per heavy atom. The zero-order chi connectivity index (χ0) is 25.1. The van der Waals surface area contributed by atoms with Crippen molar-refractivity contribution in [1.82, 2.24) is 19.9 Å². The van der Waals surface area contributed by atoms with Crippen LogP contribution in [0.3, 0.4) is 0 Å². The Labute approximate surface area is 210 Å². The van der Waals surface area contributed by atoms with Crippen molar-refractivity contribution in [3.8, 4) is 11.1 Å². The molecule has 0 bridgehead atoms. The minimum atomic E-state index is -3.75. The van der Waals surface area contributed by atoms with Crippen molar-refractivity contribution in [1.29, 1.82) is 0 Å². The van der Waals surface area contributed by atoms with E-state index in [0.717, 1.165) is 46.5 Å². The normalized spacial score (nSPS) is 14.3. The number of nitrogens with one attached hydrogen (secondary N) is 2. The molecule has 4 N–H and O–H groups in total. The van der Waals surface area contributed by atoms with Gasteiger partial charge in [0.05, 0.1) is 10.4 Å². The van der Waals surface area contributed by atoms with Crippen LogP contribution in [-0.2, 0) is 10.0 Å². The van der Waals surface area contributed by atoms with E-state index < -0.39 is 10.0 Å². The second-order valence-corrected chi connectivity index (χ2v) is 10.6. The number of aromatic nitrogens is 3. The molecule has 2 aromatic heterocycles. The number of anilines is 3. The van der Waals surface area contributed by atoms with Crippen molar-refractivity contribution in [2.75, 3.05) is 36.8 Å². The summed E-state index contributed by atoms with van der Waals surface area (Å²) in [6, 6.07) is 14.3. The zero-order valence-electron chi connectivity index (χ0n) is 20.1. The molecular formula is C26H29N7O2S. The average Bonchev–Trinajstić information content (AvgIpc) is 3.38. The summed E-state index contributed by atoms with van der Waals surface area (Å²) >= 11 is 0. The molecule has 1 aliphatic heterocycles. The summed E-state index contributed by atoms with van der Waals surface area (Å²) in [4.78, 5) is 16.3. The lowest BCUT2D eigenvalue weighted by Gasteiger charge is -2.15. The molecule has 0 radical (unpaired) electrons. The van der Waals surface area contributed by atoms with E-state index in [9.17, 15) is 8.42 Å². The number of nitrogens with two attached hydrogens (primary N) is 1. The van der Waals surface area contributed by atoms with Crippen LogP contribution in [0.15, 0.2) is 65.8 Å². The Kier molecular flexibility index (Phi) is 6.82. The molecule has 2 aromatic carbocycles. The van der Waals surface area contributed by atoms with Gasteiger partial charge in [0.1, 0.15) is 5.82 Å². The summed E-state index contributed by atoms with van der Waals surface area (Å²) < 4.78 is 23.0. The van der Waals surface area contributed by atoms with Gasteiger partial charge in [0, 0.05) is 47.7 Å². The molecule has 0 spiro atoms. The average molecular weight is 504 g/mol. The lowest BCUT2D eigenvalue weighted by molar-refractivity contribution is 0.352. The lowest BCUT2D eigenvalue weighted by Crippen LogP contribution is -2.26. The van der Waals surface area contributed by atoms with Crippen LogP contribution in [0.4, 0.5) is 17.5 Å². The largest absolute Gasteiger partial charge is 0.369 e. The van der Waals surface area contributed by atoms with Crippen LogP contribution in [0.5, 0.6) is 0 Å². The maximum Gasteiger partial charge on any atom is 0.238 e. The Morgan fingerprint density at radius 1 is 1.00 bits per heavy atom. The molecule has 5 rings (SSSR count). The van der Waals surface area contributed by atoms with Crippen molar-refractivity contribution in [2.45, 2.75) is 24.7 Å². The number of pyridine rings is 1. The molecule has 0 aliphatic carbocycles. The Morgan fingerprint density at radius 3 is 2.47 bits per heavy atom. The van der Waals surface area contributed by atoms with Crippen LogP contribution in [0.25, 0.3) is 22.0 Å². The van der Waals surface area contributed by atoms with Gasteiger partial charge >= 0.3 is 0 Å². The third-order valence-corrected chi connectivity index (χ3v) is 7.20. The van der Waals surface area contributed by atoms with Gasteiger partial charge in [0.2, 0.25) is 16.0 Å². The van der Waals surface area contributed by atoms with Crippen molar-refractivity contribution < 1.29 is 8.42 Å². The summed E-state index contributed by atoms with van der Waals surface area (Å²) in [7, 11) is -3.75. The zero-order valence-corrected chi connectivity index (χ0v) is 20.9. The van der Waals surface area contributed by atoms with E-state index in [0.29, 0.717) is 11.6 Å². The van der Waals surface area contributed by atoms with Crippen molar-refractivity contribution in [2.24, 2.45) is 5.14 Å². The number of rotatable bonds is 8. The van der Waals surface area contributed by atoms with Gasteiger partial charge in [-0.3, -0.25) is 0 Å². The van der Waals surface area contributed by atoms with Gasteiger partial charge < -0.3 is 15.5 Å². The SMILES string of the molecule is Cc1cc(-c2ccc(NCCN3CCCC3)nc2)c2nc(Nc3ccc(S(N)(=O)=O)cc3)ncc2c1. The van der Waals surface area contributed by atoms with Gasteiger partial charge in [-0.2, -0.15) is 0 Å². The molecule has 9 nitrogen and oxygen atoms in total. The highest BCUT2D eigenvalue weighted by molar-refractivity contribution is 7.89. The van der Waals surface area contributed by atoms with Gasteiger partial charge in [-0.05, 0) is 86.9 Å². The highest BCUT2D eigenvalue weighted by atomic mass is 32.2. The van der Waals surface area contributed by atoms with Gasteiger partial charge in [-0.15, -0.1) is 0 Å². The first-order valence-corrected chi connectivity index (χ1v) is 13.5. The van der Waals surface area contributed by atoms with Gasteiger partial charge in [-0.1, -0.05) is 0 Å². The number of sulfonamides is 1. The minimum Gasteiger partial charge on any atom is -0.369 e. The number of hydrogen-bond acceptors (Lipinski definition) is 8. The van der Waals surface area contributed by atoms with E-state index in [-0.39, 0.29) is 4.90 Å².